The second kappa shape index (κ2) is 4.99. The van der Waals surface area contributed by atoms with Gasteiger partial charge in [-0.3, -0.25) is 9.69 Å². The minimum absolute atomic E-state index is 0.0663. The summed E-state index contributed by atoms with van der Waals surface area (Å²) in [4.78, 5) is 13.8. The lowest BCUT2D eigenvalue weighted by atomic mass is 10.3. The summed E-state index contributed by atoms with van der Waals surface area (Å²) in [7, 11) is 0. The fraction of sp³-hybridized carbons (Fsp3) is 0.417. The molecule has 0 bridgehead atoms. The fourth-order valence-corrected chi connectivity index (χ4v) is 1.91. The summed E-state index contributed by atoms with van der Waals surface area (Å²) >= 11 is 0. The van der Waals surface area contributed by atoms with Crippen molar-refractivity contribution in [2.75, 3.05) is 25.0 Å². The van der Waals surface area contributed by atoms with Crippen LogP contribution in [0.3, 0.4) is 0 Å². The van der Waals surface area contributed by atoms with Crippen molar-refractivity contribution in [3.05, 3.63) is 24.3 Å². The molecule has 2 rings (SSSR count). The molecule has 16 heavy (non-hydrogen) atoms. The fourth-order valence-electron chi connectivity index (χ4n) is 1.91. The molecule has 0 aliphatic carbocycles. The van der Waals surface area contributed by atoms with Gasteiger partial charge in [0, 0.05) is 0 Å². The Bertz CT molecular complexity index is 373. The van der Waals surface area contributed by atoms with Gasteiger partial charge in [-0.2, -0.15) is 0 Å². The first kappa shape index (κ1) is 11.0. The maximum atomic E-state index is 11.7. The molecule has 4 heteroatoms. The summed E-state index contributed by atoms with van der Waals surface area (Å²) in [5.41, 5.74) is 0.478. The van der Waals surface area contributed by atoms with E-state index >= 15 is 0 Å². The van der Waals surface area contributed by atoms with Gasteiger partial charge in [0.05, 0.1) is 12.2 Å². The molecule has 1 amide bonds. The van der Waals surface area contributed by atoms with E-state index in [4.69, 9.17) is 0 Å². The standard InChI is InChI=1S/C12H16N2O2/c15-11-6-2-1-5-10(11)13-12(16)9-14-7-3-4-8-14/h1-2,5-6,15H,3-4,7-9H2,(H,13,16). The number of carbonyl (C=O) groups is 1. The number of nitrogens with zero attached hydrogens (tertiary/aromatic N) is 1. The minimum Gasteiger partial charge on any atom is -0.506 e. The SMILES string of the molecule is O=C(CN1CCCC1)Nc1ccccc1O. The number of phenols is 1. The van der Waals surface area contributed by atoms with Crippen LogP contribution in [0.25, 0.3) is 0 Å². The minimum atomic E-state index is -0.0663. The van der Waals surface area contributed by atoms with Crippen LogP contribution in [-0.4, -0.2) is 35.5 Å². The van der Waals surface area contributed by atoms with E-state index in [1.54, 1.807) is 24.3 Å². The predicted molar refractivity (Wildman–Crippen MR) is 62.4 cm³/mol. The van der Waals surface area contributed by atoms with E-state index in [1.165, 1.54) is 12.8 Å². The van der Waals surface area contributed by atoms with Crippen molar-refractivity contribution < 1.29 is 9.90 Å². The molecule has 0 aromatic heterocycles. The highest BCUT2D eigenvalue weighted by atomic mass is 16.3. The van der Waals surface area contributed by atoms with Crippen LogP contribution in [0.5, 0.6) is 5.75 Å². The number of phenolic OH excluding ortho intramolecular Hbond substituents is 1. The van der Waals surface area contributed by atoms with E-state index in [9.17, 15) is 9.90 Å². The molecule has 4 nitrogen and oxygen atoms in total. The second-order valence-electron chi connectivity index (χ2n) is 4.05. The number of carbonyl (C=O) groups excluding carboxylic acids is 1. The van der Waals surface area contributed by atoms with Crippen LogP contribution in [0.15, 0.2) is 24.3 Å². The highest BCUT2D eigenvalue weighted by molar-refractivity contribution is 5.93. The molecule has 0 saturated carbocycles. The third kappa shape index (κ3) is 2.73. The molecule has 1 aliphatic heterocycles. The predicted octanol–water partition coefficient (Wildman–Crippen LogP) is 1.43. The van der Waals surface area contributed by atoms with Crippen LogP contribution in [0, 0.1) is 0 Å². The number of para-hydroxylation sites is 2. The van der Waals surface area contributed by atoms with Gasteiger partial charge in [-0.15, -0.1) is 0 Å². The van der Waals surface area contributed by atoms with Crippen molar-refractivity contribution in [2.24, 2.45) is 0 Å². The molecule has 0 unspecified atom stereocenters. The van der Waals surface area contributed by atoms with Crippen molar-refractivity contribution in [1.29, 1.82) is 0 Å². The number of likely N-dealkylation sites (tertiary alicyclic amines) is 1. The lowest BCUT2D eigenvalue weighted by Gasteiger charge is -2.14. The van der Waals surface area contributed by atoms with Crippen molar-refractivity contribution in [1.82, 2.24) is 4.90 Å². The molecule has 2 N–H and O–H groups in total. The zero-order valence-electron chi connectivity index (χ0n) is 9.15. The summed E-state index contributed by atoms with van der Waals surface area (Å²) in [6, 6.07) is 6.76. The third-order valence-electron chi connectivity index (χ3n) is 2.74. The van der Waals surface area contributed by atoms with Gasteiger partial charge in [0.2, 0.25) is 5.91 Å². The Balaban J connectivity index is 1.89. The Hall–Kier alpha value is -1.55. The van der Waals surface area contributed by atoms with E-state index in [2.05, 4.69) is 10.2 Å². The highest BCUT2D eigenvalue weighted by Crippen LogP contribution is 2.21. The van der Waals surface area contributed by atoms with Crippen LogP contribution < -0.4 is 5.32 Å². The molecule has 86 valence electrons. The summed E-state index contributed by atoms with van der Waals surface area (Å²) in [6.07, 6.45) is 2.34. The van der Waals surface area contributed by atoms with Gasteiger partial charge in [-0.25, -0.2) is 0 Å². The Morgan fingerprint density at radius 1 is 1.31 bits per heavy atom. The van der Waals surface area contributed by atoms with Crippen LogP contribution >= 0.6 is 0 Å². The molecule has 1 aromatic rings. The number of hydrogen-bond donors (Lipinski definition) is 2. The molecular formula is C12H16N2O2. The number of benzene rings is 1. The van der Waals surface area contributed by atoms with E-state index in [1.807, 2.05) is 0 Å². The molecule has 0 atom stereocenters. The average Bonchev–Trinajstić information content (AvgIpc) is 2.74. The van der Waals surface area contributed by atoms with Gasteiger partial charge in [-0.1, -0.05) is 12.1 Å². The Labute approximate surface area is 94.9 Å². The van der Waals surface area contributed by atoms with Gasteiger partial charge in [0.1, 0.15) is 5.75 Å². The number of amides is 1. The van der Waals surface area contributed by atoms with E-state index in [0.29, 0.717) is 12.2 Å². The number of aromatic hydroxyl groups is 1. The Morgan fingerprint density at radius 2 is 2.00 bits per heavy atom. The second-order valence-corrected chi connectivity index (χ2v) is 4.05. The number of nitrogens with one attached hydrogen (secondary N) is 1. The number of rotatable bonds is 3. The highest BCUT2D eigenvalue weighted by Gasteiger charge is 2.15. The quantitative estimate of drug-likeness (QED) is 0.758. The maximum Gasteiger partial charge on any atom is 0.238 e. The van der Waals surface area contributed by atoms with E-state index in [0.717, 1.165) is 13.1 Å². The molecule has 1 heterocycles. The zero-order chi connectivity index (χ0) is 11.4. The Kier molecular flexibility index (Phi) is 3.41. The van der Waals surface area contributed by atoms with E-state index in [-0.39, 0.29) is 11.7 Å². The first-order valence-corrected chi connectivity index (χ1v) is 5.56. The van der Waals surface area contributed by atoms with Crippen LogP contribution in [-0.2, 0) is 4.79 Å². The van der Waals surface area contributed by atoms with Crippen LogP contribution in [0.4, 0.5) is 5.69 Å². The van der Waals surface area contributed by atoms with Gasteiger partial charge in [-0.05, 0) is 38.1 Å². The lowest BCUT2D eigenvalue weighted by molar-refractivity contribution is -0.117. The van der Waals surface area contributed by atoms with Crippen LogP contribution in [0.2, 0.25) is 0 Å². The first-order valence-electron chi connectivity index (χ1n) is 5.56. The van der Waals surface area contributed by atoms with E-state index < -0.39 is 0 Å². The first-order chi connectivity index (χ1) is 7.75. The normalized spacial score (nSPS) is 16.2. The largest absolute Gasteiger partial charge is 0.506 e. The van der Waals surface area contributed by atoms with Gasteiger partial charge in [0.15, 0.2) is 0 Å². The Morgan fingerprint density at radius 3 is 2.69 bits per heavy atom. The third-order valence-corrected chi connectivity index (χ3v) is 2.74. The molecule has 1 fully saturated rings. The van der Waals surface area contributed by atoms with Crippen molar-refractivity contribution in [3.63, 3.8) is 0 Å². The molecule has 1 aliphatic rings. The monoisotopic (exact) mass is 220 g/mol. The number of anilines is 1. The summed E-state index contributed by atoms with van der Waals surface area (Å²) in [5.74, 6) is 0.0423. The summed E-state index contributed by atoms with van der Waals surface area (Å²) in [5, 5.41) is 12.2. The zero-order valence-corrected chi connectivity index (χ0v) is 9.15. The lowest BCUT2D eigenvalue weighted by Crippen LogP contribution is -2.30. The maximum absolute atomic E-state index is 11.7. The molecule has 0 spiro atoms. The van der Waals surface area contributed by atoms with Crippen LogP contribution in [0.1, 0.15) is 12.8 Å². The summed E-state index contributed by atoms with van der Waals surface area (Å²) in [6.45, 7) is 2.40. The smallest absolute Gasteiger partial charge is 0.238 e. The van der Waals surface area contributed by atoms with Crippen molar-refractivity contribution >= 4 is 11.6 Å². The van der Waals surface area contributed by atoms with Crippen molar-refractivity contribution in [3.8, 4) is 5.75 Å². The molecule has 0 radical (unpaired) electrons. The summed E-state index contributed by atoms with van der Waals surface area (Å²) < 4.78 is 0. The molecule has 1 aromatic carbocycles. The average molecular weight is 220 g/mol. The molecule has 1 saturated heterocycles. The number of hydrogen-bond acceptors (Lipinski definition) is 3. The van der Waals surface area contributed by atoms with Crippen molar-refractivity contribution in [2.45, 2.75) is 12.8 Å². The van der Waals surface area contributed by atoms with Gasteiger partial charge in [0.25, 0.3) is 0 Å². The topological polar surface area (TPSA) is 52.6 Å². The van der Waals surface area contributed by atoms with Gasteiger partial charge >= 0.3 is 0 Å². The van der Waals surface area contributed by atoms with Gasteiger partial charge < -0.3 is 10.4 Å². The molecular weight excluding hydrogens is 204 g/mol.